The van der Waals surface area contributed by atoms with E-state index >= 15 is 4.79 Å². The van der Waals surface area contributed by atoms with Gasteiger partial charge in [0.15, 0.2) is 0 Å². The van der Waals surface area contributed by atoms with Crippen LogP contribution in [0.25, 0.3) is 0 Å². The van der Waals surface area contributed by atoms with E-state index < -0.39 is 145 Å². The molecule has 9 atom stereocenters. The Morgan fingerprint density at radius 1 is 0.562 bits per heavy atom. The van der Waals surface area contributed by atoms with Gasteiger partial charge in [-0.25, -0.2) is 0 Å². The summed E-state index contributed by atoms with van der Waals surface area (Å²) in [6.07, 6.45) is 7.07. The van der Waals surface area contributed by atoms with Crippen LogP contribution in [0.2, 0.25) is 0 Å². The number of carboxylic acids is 1. The van der Waals surface area contributed by atoms with E-state index in [1.54, 1.807) is 69.2 Å². The molecule has 418 valence electrons. The van der Waals surface area contributed by atoms with Gasteiger partial charge in [0, 0.05) is 6.42 Å². The monoisotopic (exact) mass is 1030 g/mol. The van der Waals surface area contributed by atoms with Crippen molar-refractivity contribution in [2.45, 2.75) is 247 Å². The number of nitrogens with one attached hydrogen (secondary N) is 6. The first-order valence-electron chi connectivity index (χ1n) is 27.1. The summed E-state index contributed by atoms with van der Waals surface area (Å²) in [7, 11) is 0. The number of carboxylic acid groups (broad SMARTS) is 1. The summed E-state index contributed by atoms with van der Waals surface area (Å²) >= 11 is 0. The second-order valence-corrected chi connectivity index (χ2v) is 21.8. The van der Waals surface area contributed by atoms with Crippen molar-refractivity contribution in [1.29, 1.82) is 0 Å². The maximum absolute atomic E-state index is 15.3. The third-order valence-corrected chi connectivity index (χ3v) is 13.1. The molecule has 0 aromatic carbocycles. The third-order valence-electron chi connectivity index (χ3n) is 13.1. The number of aliphatic hydroxyl groups is 1. The van der Waals surface area contributed by atoms with Crippen LogP contribution in [0, 0.1) is 29.6 Å². The Balaban J connectivity index is 4.13. The van der Waals surface area contributed by atoms with Gasteiger partial charge >= 0.3 is 5.97 Å². The molecule has 73 heavy (non-hydrogen) atoms. The number of nitrogens with zero attached hydrogens (tertiary/aromatic N) is 1. The first-order chi connectivity index (χ1) is 34.2. The average Bonchev–Trinajstić information content (AvgIpc) is 3.28. The fraction of sp³-hybridized carbons (Fsp3) is 0.811. The quantitative estimate of drug-likeness (QED) is 0.0521. The number of hydrogen-bond donors (Lipinski definition) is 9. The van der Waals surface area contributed by atoms with Crippen LogP contribution in [0.5, 0.6) is 0 Å². The molecule has 20 heteroatoms. The zero-order valence-corrected chi connectivity index (χ0v) is 45.9. The minimum Gasteiger partial charge on any atom is -0.481 e. The smallest absolute Gasteiger partial charge is 0.305 e. The molecular formula is C53H94N8O12. The van der Waals surface area contributed by atoms with Crippen LogP contribution < -0.4 is 37.6 Å². The van der Waals surface area contributed by atoms with E-state index in [2.05, 4.69) is 38.8 Å². The first kappa shape index (κ1) is 65.9. The van der Waals surface area contributed by atoms with E-state index in [1.807, 2.05) is 0 Å². The highest BCUT2D eigenvalue weighted by Gasteiger charge is 2.43. The van der Waals surface area contributed by atoms with Crippen molar-refractivity contribution in [2.24, 2.45) is 35.3 Å². The van der Waals surface area contributed by atoms with Crippen molar-refractivity contribution in [3.8, 4) is 0 Å². The maximum Gasteiger partial charge on any atom is 0.305 e. The minimum atomic E-state index is -1.81. The lowest BCUT2D eigenvalue weighted by atomic mass is 9.94. The Hall–Kier alpha value is -5.14. The number of rotatable bonds is 27. The molecule has 0 aliphatic carbocycles. The molecule has 20 nitrogen and oxygen atoms in total. The fourth-order valence-corrected chi connectivity index (χ4v) is 8.82. The predicted molar refractivity (Wildman–Crippen MR) is 278 cm³/mol. The van der Waals surface area contributed by atoms with Crippen LogP contribution in [0.3, 0.4) is 0 Å². The molecule has 1 rings (SSSR count). The number of carbonyl (C=O) groups excluding carboxylic acids is 9. The maximum atomic E-state index is 15.3. The Morgan fingerprint density at radius 2 is 0.973 bits per heavy atom. The zero-order chi connectivity index (χ0) is 55.5. The summed E-state index contributed by atoms with van der Waals surface area (Å²) in [5.41, 5.74) is 5.61. The normalized spacial score (nSPS) is 23.3. The van der Waals surface area contributed by atoms with E-state index in [0.29, 0.717) is 11.3 Å². The van der Waals surface area contributed by atoms with E-state index in [1.165, 1.54) is 25.7 Å². The lowest BCUT2D eigenvalue weighted by Crippen LogP contribution is -2.63. The largest absolute Gasteiger partial charge is 0.481 e. The molecule has 0 saturated carbocycles. The molecule has 0 radical (unpaired) electrons. The third kappa shape index (κ3) is 25.1. The van der Waals surface area contributed by atoms with Crippen LogP contribution in [-0.4, -0.2) is 123 Å². The van der Waals surface area contributed by atoms with Gasteiger partial charge in [-0.15, -0.1) is 0 Å². The summed E-state index contributed by atoms with van der Waals surface area (Å²) in [5.74, 6) is -12.0. The fourth-order valence-electron chi connectivity index (χ4n) is 8.82. The highest BCUT2D eigenvalue weighted by atomic mass is 16.4. The van der Waals surface area contributed by atoms with Crippen molar-refractivity contribution in [3.63, 3.8) is 0 Å². The van der Waals surface area contributed by atoms with Crippen molar-refractivity contribution in [2.75, 3.05) is 0 Å². The first-order valence-corrected chi connectivity index (χ1v) is 27.1. The van der Waals surface area contributed by atoms with Crippen molar-refractivity contribution < 1.29 is 58.2 Å². The minimum absolute atomic E-state index is 0.00139. The van der Waals surface area contributed by atoms with Crippen LogP contribution in [-0.2, 0) is 47.9 Å². The van der Waals surface area contributed by atoms with E-state index in [-0.39, 0.29) is 49.9 Å². The van der Waals surface area contributed by atoms with Gasteiger partial charge in [0.25, 0.3) is 5.91 Å². The zero-order valence-electron chi connectivity index (χ0n) is 45.9. The molecule has 0 aromatic heterocycles. The van der Waals surface area contributed by atoms with Gasteiger partial charge in [0.2, 0.25) is 47.3 Å². The number of imide groups is 1. The summed E-state index contributed by atoms with van der Waals surface area (Å²) in [6, 6.07) is -10.6. The standard InChI is InChI=1S/C53H94N8O12/c1-12-14-15-16-17-18-19-20-21-22-23-36(62)29-43(64)61-41(24-25-42(54)63)51(71)57-37(26-31(3)4)47(67)55-38(27-32(5)6)49(69)59-45(34(9)10)52(72)58-40(30-44(65)66)48(68)56-39(28-33(7)8)50(70)60-46(53(61)73)35(11)13-2/h31-41,45-46,62H,12-30H2,1-11H3,(H2,54,63)(H,55,67)(H,56,68)(H,57,71)(H,58,72)(H,59,69)(H,60,70)(H,65,66). The predicted octanol–water partition coefficient (Wildman–Crippen LogP) is 4.28. The van der Waals surface area contributed by atoms with Gasteiger partial charge < -0.3 is 47.8 Å². The summed E-state index contributed by atoms with van der Waals surface area (Å²) in [6.45, 7) is 19.4. The van der Waals surface area contributed by atoms with Gasteiger partial charge in [0.1, 0.15) is 42.3 Å². The number of nitrogens with two attached hydrogens (primary N) is 1. The molecule has 9 amide bonds. The number of unbranched alkanes of at least 4 members (excludes halogenated alkanes) is 9. The Kier molecular flexibility index (Phi) is 31.0. The SMILES string of the molecule is CCCCCCCCCCCCC(O)CC(=O)N1C(=O)C(C(C)CC)NC(=O)C(CC(C)C)NC(=O)C(CC(=O)O)NC(=O)C(C(C)C)NC(=O)C(CC(C)C)NC(=O)C(CC(C)C)NC(=O)C1CCC(N)=O. The summed E-state index contributed by atoms with van der Waals surface area (Å²) in [5, 5.41) is 36.9. The van der Waals surface area contributed by atoms with Crippen LogP contribution >= 0.6 is 0 Å². The lowest BCUT2D eigenvalue weighted by molar-refractivity contribution is -0.156. The number of aliphatic carboxylic acids is 1. The molecular weight excluding hydrogens is 941 g/mol. The van der Waals surface area contributed by atoms with Gasteiger partial charge in [-0.2, -0.15) is 0 Å². The Bertz CT molecular complexity index is 1810. The van der Waals surface area contributed by atoms with E-state index in [4.69, 9.17) is 5.73 Å². The van der Waals surface area contributed by atoms with E-state index in [0.717, 1.165) is 32.1 Å². The second kappa shape index (κ2) is 34.4. The number of carbonyl (C=O) groups is 10. The molecule has 0 spiro atoms. The van der Waals surface area contributed by atoms with Crippen molar-refractivity contribution >= 4 is 59.1 Å². The molecule has 9 unspecified atom stereocenters. The van der Waals surface area contributed by atoms with Gasteiger partial charge in [-0.05, 0) is 61.7 Å². The molecule has 1 fully saturated rings. The molecule has 1 aliphatic heterocycles. The Morgan fingerprint density at radius 3 is 1.40 bits per heavy atom. The number of amides is 9. The molecule has 1 saturated heterocycles. The molecule has 0 aromatic rings. The summed E-state index contributed by atoms with van der Waals surface area (Å²) in [4.78, 5) is 141. The highest BCUT2D eigenvalue weighted by molar-refractivity contribution is 6.05. The van der Waals surface area contributed by atoms with Gasteiger partial charge in [-0.3, -0.25) is 52.8 Å². The number of primary amides is 1. The van der Waals surface area contributed by atoms with Gasteiger partial charge in [0.05, 0.1) is 18.9 Å². The molecule has 1 aliphatic rings. The van der Waals surface area contributed by atoms with E-state index in [9.17, 15) is 53.4 Å². The van der Waals surface area contributed by atoms with Crippen LogP contribution in [0.4, 0.5) is 0 Å². The number of hydrogen-bond acceptors (Lipinski definition) is 11. The van der Waals surface area contributed by atoms with Crippen LogP contribution in [0.1, 0.15) is 198 Å². The van der Waals surface area contributed by atoms with Gasteiger partial charge in [-0.1, -0.05) is 147 Å². The topological polar surface area (TPSA) is 313 Å². The van der Waals surface area contributed by atoms with Crippen molar-refractivity contribution in [1.82, 2.24) is 36.8 Å². The summed E-state index contributed by atoms with van der Waals surface area (Å²) < 4.78 is 0. The number of aliphatic hydroxyl groups excluding tert-OH is 1. The van der Waals surface area contributed by atoms with Crippen LogP contribution in [0.15, 0.2) is 0 Å². The van der Waals surface area contributed by atoms with Crippen molar-refractivity contribution in [3.05, 3.63) is 0 Å². The average molecular weight is 1040 g/mol. The second-order valence-electron chi connectivity index (χ2n) is 21.8. The molecule has 10 N–H and O–H groups in total. The Labute approximate surface area is 434 Å². The highest BCUT2D eigenvalue weighted by Crippen LogP contribution is 2.22. The molecule has 0 bridgehead atoms. The lowest BCUT2D eigenvalue weighted by Gasteiger charge is -2.36. The molecule has 1 heterocycles.